The summed E-state index contributed by atoms with van der Waals surface area (Å²) >= 11 is 0. The summed E-state index contributed by atoms with van der Waals surface area (Å²) in [6.07, 6.45) is 1.84. The fraction of sp³-hybridized carbons (Fsp3) is 0.500. The van der Waals surface area contributed by atoms with E-state index < -0.39 is 0 Å². The lowest BCUT2D eigenvalue weighted by atomic mass is 10.3. The molecule has 1 rings (SSSR count). The highest BCUT2D eigenvalue weighted by Gasteiger charge is 1.93. The number of rotatable bonds is 5. The van der Waals surface area contributed by atoms with Crippen LogP contribution in [0.2, 0.25) is 0 Å². The van der Waals surface area contributed by atoms with Gasteiger partial charge in [0, 0.05) is 19.3 Å². The van der Waals surface area contributed by atoms with E-state index in [9.17, 15) is 0 Å². The SMILES string of the molecule is CCNc1ccc(COCC)cn1. The van der Waals surface area contributed by atoms with E-state index in [1.807, 2.05) is 25.3 Å². The molecule has 0 saturated carbocycles. The van der Waals surface area contributed by atoms with Crippen molar-refractivity contribution in [2.45, 2.75) is 20.5 Å². The second kappa shape index (κ2) is 5.54. The van der Waals surface area contributed by atoms with Crippen molar-refractivity contribution in [3.63, 3.8) is 0 Å². The summed E-state index contributed by atoms with van der Waals surface area (Å²) in [4.78, 5) is 4.23. The molecule has 0 amide bonds. The van der Waals surface area contributed by atoms with E-state index in [1.54, 1.807) is 0 Å². The molecule has 0 spiro atoms. The molecule has 0 fully saturated rings. The monoisotopic (exact) mass is 180 g/mol. The Morgan fingerprint density at radius 1 is 1.38 bits per heavy atom. The molecule has 72 valence electrons. The summed E-state index contributed by atoms with van der Waals surface area (Å²) in [6, 6.07) is 4.00. The molecular weight excluding hydrogens is 164 g/mol. The van der Waals surface area contributed by atoms with Crippen LogP contribution in [0.5, 0.6) is 0 Å². The first-order valence-corrected chi connectivity index (χ1v) is 4.63. The molecule has 0 aliphatic rings. The quantitative estimate of drug-likeness (QED) is 0.753. The third-order valence-corrected chi connectivity index (χ3v) is 1.66. The molecular formula is C10H16N2O. The number of aromatic nitrogens is 1. The van der Waals surface area contributed by atoms with Gasteiger partial charge in [-0.05, 0) is 25.5 Å². The number of pyridine rings is 1. The third-order valence-electron chi connectivity index (χ3n) is 1.66. The largest absolute Gasteiger partial charge is 0.377 e. The zero-order valence-electron chi connectivity index (χ0n) is 8.21. The maximum Gasteiger partial charge on any atom is 0.125 e. The van der Waals surface area contributed by atoms with Gasteiger partial charge >= 0.3 is 0 Å². The molecule has 3 nitrogen and oxygen atoms in total. The van der Waals surface area contributed by atoms with Gasteiger partial charge in [-0.1, -0.05) is 6.07 Å². The van der Waals surface area contributed by atoms with Crippen LogP contribution in [0.25, 0.3) is 0 Å². The highest BCUT2D eigenvalue weighted by molar-refractivity contribution is 5.34. The molecule has 3 heteroatoms. The molecule has 0 aromatic carbocycles. The van der Waals surface area contributed by atoms with Crippen LogP contribution in [-0.2, 0) is 11.3 Å². The summed E-state index contributed by atoms with van der Waals surface area (Å²) in [6.45, 7) is 6.33. The topological polar surface area (TPSA) is 34.1 Å². The van der Waals surface area contributed by atoms with Gasteiger partial charge in [0.25, 0.3) is 0 Å². The van der Waals surface area contributed by atoms with Crippen LogP contribution < -0.4 is 5.32 Å². The van der Waals surface area contributed by atoms with Crippen molar-refractivity contribution < 1.29 is 4.74 Å². The van der Waals surface area contributed by atoms with Crippen LogP contribution in [0.1, 0.15) is 19.4 Å². The Hall–Kier alpha value is -1.09. The summed E-state index contributed by atoms with van der Waals surface area (Å²) in [5.74, 6) is 0.919. The lowest BCUT2D eigenvalue weighted by Crippen LogP contribution is -1.99. The first-order chi connectivity index (χ1) is 6.36. The molecule has 1 N–H and O–H groups in total. The molecule has 1 aromatic heterocycles. The number of anilines is 1. The predicted molar refractivity (Wildman–Crippen MR) is 53.7 cm³/mol. The third kappa shape index (κ3) is 3.42. The van der Waals surface area contributed by atoms with Crippen molar-refractivity contribution in [1.82, 2.24) is 4.98 Å². The molecule has 1 heterocycles. The molecule has 0 saturated heterocycles. The fourth-order valence-electron chi connectivity index (χ4n) is 1.02. The van der Waals surface area contributed by atoms with Gasteiger partial charge in [-0.15, -0.1) is 0 Å². The zero-order chi connectivity index (χ0) is 9.52. The second-order valence-electron chi connectivity index (χ2n) is 2.72. The molecule has 0 bridgehead atoms. The molecule has 0 radical (unpaired) electrons. The number of hydrogen-bond donors (Lipinski definition) is 1. The van der Waals surface area contributed by atoms with Crippen LogP contribution in [0, 0.1) is 0 Å². The van der Waals surface area contributed by atoms with Gasteiger partial charge in [-0.25, -0.2) is 4.98 Å². The lowest BCUT2D eigenvalue weighted by Gasteiger charge is -2.03. The number of nitrogens with one attached hydrogen (secondary N) is 1. The average Bonchev–Trinajstić information content (AvgIpc) is 2.17. The molecule has 0 atom stereocenters. The maximum atomic E-state index is 5.26. The minimum atomic E-state index is 0.649. The van der Waals surface area contributed by atoms with Crippen molar-refractivity contribution in [1.29, 1.82) is 0 Å². The van der Waals surface area contributed by atoms with Gasteiger partial charge in [0.1, 0.15) is 5.82 Å². The molecule has 13 heavy (non-hydrogen) atoms. The van der Waals surface area contributed by atoms with E-state index in [1.165, 1.54) is 0 Å². The fourth-order valence-corrected chi connectivity index (χ4v) is 1.02. The first kappa shape index (κ1) is 9.99. The van der Waals surface area contributed by atoms with E-state index in [-0.39, 0.29) is 0 Å². The first-order valence-electron chi connectivity index (χ1n) is 4.63. The van der Waals surface area contributed by atoms with Gasteiger partial charge in [0.2, 0.25) is 0 Å². The summed E-state index contributed by atoms with van der Waals surface area (Å²) < 4.78 is 5.26. The van der Waals surface area contributed by atoms with Gasteiger partial charge in [-0.2, -0.15) is 0 Å². The van der Waals surface area contributed by atoms with Crippen LogP contribution in [-0.4, -0.2) is 18.1 Å². The lowest BCUT2D eigenvalue weighted by molar-refractivity contribution is 0.134. The standard InChI is InChI=1S/C10H16N2O/c1-3-11-10-6-5-9(7-12-10)8-13-4-2/h5-7H,3-4,8H2,1-2H3,(H,11,12). The van der Waals surface area contributed by atoms with E-state index in [0.717, 1.165) is 24.5 Å². The van der Waals surface area contributed by atoms with Crippen LogP contribution >= 0.6 is 0 Å². The average molecular weight is 180 g/mol. The summed E-state index contributed by atoms with van der Waals surface area (Å²) in [5, 5.41) is 3.14. The van der Waals surface area contributed by atoms with Crippen LogP contribution in [0.3, 0.4) is 0 Å². The van der Waals surface area contributed by atoms with Gasteiger partial charge in [0.15, 0.2) is 0 Å². The van der Waals surface area contributed by atoms with E-state index in [0.29, 0.717) is 6.61 Å². The summed E-state index contributed by atoms with van der Waals surface area (Å²) in [7, 11) is 0. The molecule has 1 aromatic rings. The van der Waals surface area contributed by atoms with Gasteiger partial charge in [-0.3, -0.25) is 0 Å². The van der Waals surface area contributed by atoms with E-state index >= 15 is 0 Å². The van der Waals surface area contributed by atoms with Crippen LogP contribution in [0.15, 0.2) is 18.3 Å². The number of nitrogens with zero attached hydrogens (tertiary/aromatic N) is 1. The Labute approximate surface area is 79.1 Å². The van der Waals surface area contributed by atoms with Crippen molar-refractivity contribution in [3.05, 3.63) is 23.9 Å². The van der Waals surface area contributed by atoms with Gasteiger partial charge < -0.3 is 10.1 Å². The van der Waals surface area contributed by atoms with E-state index in [2.05, 4.69) is 17.2 Å². The van der Waals surface area contributed by atoms with Gasteiger partial charge in [0.05, 0.1) is 6.61 Å². The Bertz CT molecular complexity index is 233. The van der Waals surface area contributed by atoms with Crippen molar-refractivity contribution >= 4 is 5.82 Å². The van der Waals surface area contributed by atoms with Crippen molar-refractivity contribution in [2.75, 3.05) is 18.5 Å². The Morgan fingerprint density at radius 3 is 2.77 bits per heavy atom. The Kier molecular flexibility index (Phi) is 4.26. The molecule has 0 aliphatic heterocycles. The minimum absolute atomic E-state index is 0.649. The number of ether oxygens (including phenoxy) is 1. The van der Waals surface area contributed by atoms with Crippen LogP contribution in [0.4, 0.5) is 5.82 Å². The molecule has 0 unspecified atom stereocenters. The predicted octanol–water partition coefficient (Wildman–Crippen LogP) is 2.05. The van der Waals surface area contributed by atoms with Crippen molar-refractivity contribution in [2.24, 2.45) is 0 Å². The zero-order valence-corrected chi connectivity index (χ0v) is 8.21. The smallest absolute Gasteiger partial charge is 0.125 e. The van der Waals surface area contributed by atoms with E-state index in [4.69, 9.17) is 4.74 Å². The normalized spacial score (nSPS) is 10.0. The molecule has 0 aliphatic carbocycles. The summed E-state index contributed by atoms with van der Waals surface area (Å²) in [5.41, 5.74) is 1.11. The Morgan fingerprint density at radius 2 is 2.23 bits per heavy atom. The highest BCUT2D eigenvalue weighted by Crippen LogP contribution is 2.05. The Balaban J connectivity index is 2.48. The second-order valence-corrected chi connectivity index (χ2v) is 2.72. The highest BCUT2D eigenvalue weighted by atomic mass is 16.5. The number of hydrogen-bond acceptors (Lipinski definition) is 3. The van der Waals surface area contributed by atoms with Crippen molar-refractivity contribution in [3.8, 4) is 0 Å². The minimum Gasteiger partial charge on any atom is -0.377 e. The maximum absolute atomic E-state index is 5.26.